The SMILES string of the molecule is COc1cc(C(=O)NCC(=O)NCC2(c3ccc(F)cc3)CCC2)ccc1OC(F)F. The van der Waals surface area contributed by atoms with Gasteiger partial charge in [0.05, 0.1) is 13.7 Å². The van der Waals surface area contributed by atoms with Crippen molar-refractivity contribution in [3.63, 3.8) is 0 Å². The van der Waals surface area contributed by atoms with E-state index >= 15 is 0 Å². The number of amides is 2. The van der Waals surface area contributed by atoms with Gasteiger partial charge < -0.3 is 20.1 Å². The molecule has 1 fully saturated rings. The number of hydrogen-bond donors (Lipinski definition) is 2. The van der Waals surface area contributed by atoms with Crippen LogP contribution >= 0.6 is 0 Å². The van der Waals surface area contributed by atoms with Gasteiger partial charge in [-0.05, 0) is 48.7 Å². The van der Waals surface area contributed by atoms with Crippen LogP contribution in [0.5, 0.6) is 11.5 Å². The second-order valence-corrected chi connectivity index (χ2v) is 7.34. The summed E-state index contributed by atoms with van der Waals surface area (Å²) in [4.78, 5) is 24.5. The Bertz CT molecular complexity index is 931. The molecule has 2 aromatic carbocycles. The van der Waals surface area contributed by atoms with E-state index in [0.717, 1.165) is 24.8 Å². The van der Waals surface area contributed by atoms with Gasteiger partial charge >= 0.3 is 6.61 Å². The summed E-state index contributed by atoms with van der Waals surface area (Å²) in [6.07, 6.45) is 2.80. The molecule has 2 amide bonds. The van der Waals surface area contributed by atoms with Crippen molar-refractivity contribution in [2.45, 2.75) is 31.3 Å². The zero-order valence-corrected chi connectivity index (χ0v) is 16.9. The van der Waals surface area contributed by atoms with Gasteiger partial charge in [-0.3, -0.25) is 9.59 Å². The maximum atomic E-state index is 13.2. The van der Waals surface area contributed by atoms with Crippen LogP contribution in [-0.4, -0.2) is 38.6 Å². The number of methoxy groups -OCH3 is 1. The van der Waals surface area contributed by atoms with Gasteiger partial charge in [-0.25, -0.2) is 4.39 Å². The van der Waals surface area contributed by atoms with Crippen LogP contribution in [0.3, 0.4) is 0 Å². The van der Waals surface area contributed by atoms with E-state index in [-0.39, 0.29) is 40.7 Å². The molecule has 2 aromatic rings. The van der Waals surface area contributed by atoms with Crippen molar-refractivity contribution < 1.29 is 32.2 Å². The molecule has 6 nitrogen and oxygen atoms in total. The van der Waals surface area contributed by atoms with Crippen molar-refractivity contribution in [3.8, 4) is 11.5 Å². The smallest absolute Gasteiger partial charge is 0.387 e. The lowest BCUT2D eigenvalue weighted by atomic mass is 9.64. The molecule has 9 heteroatoms. The van der Waals surface area contributed by atoms with Crippen LogP contribution in [0.15, 0.2) is 42.5 Å². The third-order valence-electron chi connectivity index (χ3n) is 5.44. The zero-order valence-electron chi connectivity index (χ0n) is 16.9. The van der Waals surface area contributed by atoms with Crippen LogP contribution in [0, 0.1) is 5.82 Å². The van der Waals surface area contributed by atoms with E-state index in [0.29, 0.717) is 6.54 Å². The minimum Gasteiger partial charge on any atom is -0.493 e. The predicted molar refractivity (Wildman–Crippen MR) is 107 cm³/mol. The van der Waals surface area contributed by atoms with Crippen LogP contribution in [0.4, 0.5) is 13.2 Å². The predicted octanol–water partition coefficient (Wildman–Crippen LogP) is 3.40. The third-order valence-corrected chi connectivity index (χ3v) is 5.44. The Hall–Kier alpha value is -3.23. The number of carbonyl (C=O) groups excluding carboxylic acids is 2. The molecule has 0 heterocycles. The van der Waals surface area contributed by atoms with Crippen LogP contribution in [0.1, 0.15) is 35.2 Å². The van der Waals surface area contributed by atoms with Gasteiger partial charge in [0.15, 0.2) is 11.5 Å². The first kappa shape index (κ1) is 22.5. The second kappa shape index (κ2) is 9.72. The summed E-state index contributed by atoms with van der Waals surface area (Å²) in [5.74, 6) is -1.46. The molecule has 1 saturated carbocycles. The van der Waals surface area contributed by atoms with E-state index < -0.39 is 12.5 Å². The van der Waals surface area contributed by atoms with Crippen LogP contribution in [0.25, 0.3) is 0 Å². The highest BCUT2D eigenvalue weighted by Crippen LogP contribution is 2.43. The van der Waals surface area contributed by atoms with Gasteiger partial charge in [-0.15, -0.1) is 0 Å². The highest BCUT2D eigenvalue weighted by Gasteiger charge is 2.38. The Kier molecular flexibility index (Phi) is 7.04. The molecule has 0 radical (unpaired) electrons. The Morgan fingerprint density at radius 2 is 1.77 bits per heavy atom. The lowest BCUT2D eigenvalue weighted by Crippen LogP contribution is -2.47. The highest BCUT2D eigenvalue weighted by atomic mass is 19.3. The molecule has 1 aliphatic rings. The summed E-state index contributed by atoms with van der Waals surface area (Å²) in [6, 6.07) is 10.0. The minimum atomic E-state index is -3.02. The maximum absolute atomic E-state index is 13.2. The standard InChI is InChI=1S/C22H23F3N2O4/c1-30-18-11-14(3-8-17(18)31-21(24)25)20(29)26-12-19(28)27-13-22(9-2-10-22)15-4-6-16(23)7-5-15/h3-8,11,21H,2,9-10,12-13H2,1H3,(H,26,29)(H,27,28). The number of alkyl halides is 2. The average molecular weight is 436 g/mol. The summed E-state index contributed by atoms with van der Waals surface area (Å²) in [7, 11) is 1.26. The average Bonchev–Trinajstić information content (AvgIpc) is 2.72. The van der Waals surface area contributed by atoms with E-state index in [4.69, 9.17) is 4.74 Å². The van der Waals surface area contributed by atoms with Crippen molar-refractivity contribution in [1.82, 2.24) is 10.6 Å². The van der Waals surface area contributed by atoms with Gasteiger partial charge in [-0.2, -0.15) is 8.78 Å². The molecule has 1 aliphatic carbocycles. The summed E-state index contributed by atoms with van der Waals surface area (Å²) >= 11 is 0. The molecule has 0 bridgehead atoms. The van der Waals surface area contributed by atoms with Crippen molar-refractivity contribution in [3.05, 3.63) is 59.4 Å². The molecule has 166 valence electrons. The number of hydrogen-bond acceptors (Lipinski definition) is 4. The van der Waals surface area contributed by atoms with Crippen molar-refractivity contribution >= 4 is 11.8 Å². The van der Waals surface area contributed by atoms with E-state index in [1.165, 1.54) is 37.4 Å². The van der Waals surface area contributed by atoms with Gasteiger partial charge in [0.25, 0.3) is 5.91 Å². The fraction of sp³-hybridized carbons (Fsp3) is 0.364. The first-order valence-corrected chi connectivity index (χ1v) is 9.77. The normalized spacial score (nSPS) is 14.5. The van der Waals surface area contributed by atoms with E-state index in [1.807, 2.05) is 0 Å². The molecule has 0 saturated heterocycles. The number of carbonyl (C=O) groups is 2. The van der Waals surface area contributed by atoms with Crippen LogP contribution < -0.4 is 20.1 Å². The number of ether oxygens (including phenoxy) is 2. The molecule has 0 aliphatic heterocycles. The summed E-state index contributed by atoms with van der Waals surface area (Å²) in [5, 5.41) is 5.31. The Morgan fingerprint density at radius 1 is 1.06 bits per heavy atom. The molecular formula is C22H23F3N2O4. The number of benzene rings is 2. The van der Waals surface area contributed by atoms with E-state index in [9.17, 15) is 22.8 Å². The molecule has 0 atom stereocenters. The van der Waals surface area contributed by atoms with Crippen molar-refractivity contribution in [1.29, 1.82) is 0 Å². The van der Waals surface area contributed by atoms with Crippen LogP contribution in [0.2, 0.25) is 0 Å². The fourth-order valence-corrected chi connectivity index (χ4v) is 3.57. The summed E-state index contributed by atoms with van der Waals surface area (Å²) in [5.41, 5.74) is 0.886. The zero-order chi connectivity index (χ0) is 22.4. The highest BCUT2D eigenvalue weighted by molar-refractivity contribution is 5.97. The third kappa shape index (κ3) is 5.48. The van der Waals surface area contributed by atoms with Crippen LogP contribution in [-0.2, 0) is 10.2 Å². The van der Waals surface area contributed by atoms with Gasteiger partial charge in [0.1, 0.15) is 5.82 Å². The van der Waals surface area contributed by atoms with Gasteiger partial charge in [0.2, 0.25) is 5.91 Å². The minimum absolute atomic E-state index is 0.0244. The largest absolute Gasteiger partial charge is 0.493 e. The van der Waals surface area contributed by atoms with Gasteiger partial charge in [-0.1, -0.05) is 18.6 Å². The molecule has 0 unspecified atom stereocenters. The fourth-order valence-electron chi connectivity index (χ4n) is 3.57. The van der Waals surface area contributed by atoms with E-state index in [2.05, 4.69) is 15.4 Å². The molecule has 2 N–H and O–H groups in total. The van der Waals surface area contributed by atoms with Crippen molar-refractivity contribution in [2.75, 3.05) is 20.2 Å². The Morgan fingerprint density at radius 3 is 2.35 bits per heavy atom. The molecule has 31 heavy (non-hydrogen) atoms. The second-order valence-electron chi connectivity index (χ2n) is 7.34. The Balaban J connectivity index is 1.53. The number of rotatable bonds is 9. The first-order chi connectivity index (χ1) is 14.8. The summed E-state index contributed by atoms with van der Waals surface area (Å²) < 4.78 is 47.3. The van der Waals surface area contributed by atoms with E-state index in [1.54, 1.807) is 12.1 Å². The molecule has 3 rings (SSSR count). The Labute approximate surface area is 177 Å². The maximum Gasteiger partial charge on any atom is 0.387 e. The summed E-state index contributed by atoms with van der Waals surface area (Å²) in [6.45, 7) is -2.89. The van der Waals surface area contributed by atoms with Crippen molar-refractivity contribution in [2.24, 2.45) is 0 Å². The topological polar surface area (TPSA) is 76.7 Å². The quantitative estimate of drug-likeness (QED) is 0.632. The molecule has 0 spiro atoms. The van der Waals surface area contributed by atoms with Gasteiger partial charge in [0, 0.05) is 17.5 Å². The number of halogens is 3. The molecular weight excluding hydrogens is 413 g/mol. The monoisotopic (exact) mass is 436 g/mol. The lowest BCUT2D eigenvalue weighted by molar-refractivity contribution is -0.120. The number of nitrogens with one attached hydrogen (secondary N) is 2. The lowest BCUT2D eigenvalue weighted by Gasteiger charge is -2.42. The molecule has 0 aromatic heterocycles. The first-order valence-electron chi connectivity index (χ1n) is 9.77.